The number of hydrogen-bond donors (Lipinski definition) is 0. The van der Waals surface area contributed by atoms with Crippen LogP contribution in [0.2, 0.25) is 0 Å². The molecule has 0 radical (unpaired) electrons. The van der Waals surface area contributed by atoms with Crippen molar-refractivity contribution in [1.29, 1.82) is 0 Å². The molecule has 0 aromatic heterocycles. The minimum Gasteiger partial charge on any atom is -0.490 e. The Bertz CT molecular complexity index is 384. The van der Waals surface area contributed by atoms with Crippen LogP contribution in [-0.2, 0) is 0 Å². The van der Waals surface area contributed by atoms with Gasteiger partial charge in [-0.3, -0.25) is 10.1 Å². The average Bonchev–Trinajstić information content (AvgIpc) is 2.18. The maximum Gasteiger partial charge on any atom is 0.275 e. The van der Waals surface area contributed by atoms with Gasteiger partial charge in [-0.1, -0.05) is 15.9 Å². The van der Waals surface area contributed by atoms with Crippen LogP contribution in [0.3, 0.4) is 0 Å². The first-order chi connectivity index (χ1) is 7.06. The molecule has 0 aliphatic heterocycles. The van der Waals surface area contributed by atoms with Crippen molar-refractivity contribution in [2.45, 2.75) is 6.92 Å². The number of nitrogens with zero attached hydrogens (tertiary/aromatic N) is 1. The molecule has 0 N–H and O–H groups in total. The fraction of sp³-hybridized carbons (Fsp3) is 0.333. The molecule has 0 saturated heterocycles. The summed E-state index contributed by atoms with van der Waals surface area (Å²) < 4.78 is 18.3. The molecule has 4 nitrogen and oxygen atoms in total. The topological polar surface area (TPSA) is 52.4 Å². The standard InChI is InChI=1S/C9H9BrFNO3/c1-6-4-9(15-3-2-10)7(11)5-8(6)12(13)14/h4-5H,2-3H2,1H3. The molecular formula is C9H9BrFNO3. The van der Waals surface area contributed by atoms with Gasteiger partial charge in [0.2, 0.25) is 0 Å². The number of nitro groups is 1. The lowest BCUT2D eigenvalue weighted by Crippen LogP contribution is -2.01. The lowest BCUT2D eigenvalue weighted by Gasteiger charge is -2.06. The smallest absolute Gasteiger partial charge is 0.275 e. The van der Waals surface area contributed by atoms with Gasteiger partial charge in [0, 0.05) is 10.9 Å². The summed E-state index contributed by atoms with van der Waals surface area (Å²) in [5, 5.41) is 11.1. The van der Waals surface area contributed by atoms with Crippen LogP contribution in [0.5, 0.6) is 5.75 Å². The van der Waals surface area contributed by atoms with E-state index in [2.05, 4.69) is 15.9 Å². The maximum atomic E-state index is 13.3. The average molecular weight is 278 g/mol. The second-order valence-corrected chi connectivity index (χ2v) is 3.66. The Labute approximate surface area is 94.3 Å². The Kier molecular flexibility index (Phi) is 4.02. The minimum absolute atomic E-state index is 0.0394. The van der Waals surface area contributed by atoms with Crippen LogP contribution in [0, 0.1) is 22.9 Å². The summed E-state index contributed by atoms with van der Waals surface area (Å²) >= 11 is 3.13. The van der Waals surface area contributed by atoms with Crippen molar-refractivity contribution >= 4 is 21.6 Å². The zero-order chi connectivity index (χ0) is 11.4. The van der Waals surface area contributed by atoms with Gasteiger partial charge in [0.25, 0.3) is 5.69 Å². The Morgan fingerprint density at radius 2 is 2.27 bits per heavy atom. The van der Waals surface area contributed by atoms with E-state index in [1.807, 2.05) is 0 Å². The number of halogens is 2. The van der Waals surface area contributed by atoms with Crippen molar-refractivity contribution in [3.8, 4) is 5.75 Å². The van der Waals surface area contributed by atoms with Crippen molar-refractivity contribution < 1.29 is 14.1 Å². The molecule has 0 saturated carbocycles. The van der Waals surface area contributed by atoms with Crippen LogP contribution in [0.4, 0.5) is 10.1 Å². The van der Waals surface area contributed by atoms with Gasteiger partial charge in [0.05, 0.1) is 17.6 Å². The predicted octanol–water partition coefficient (Wildman–Crippen LogP) is 2.82. The van der Waals surface area contributed by atoms with Crippen LogP contribution >= 0.6 is 15.9 Å². The Morgan fingerprint density at radius 1 is 1.60 bits per heavy atom. The largest absolute Gasteiger partial charge is 0.490 e. The van der Waals surface area contributed by atoms with E-state index in [-0.39, 0.29) is 11.4 Å². The van der Waals surface area contributed by atoms with Gasteiger partial charge in [-0.15, -0.1) is 0 Å². The molecule has 0 amide bonds. The number of rotatable bonds is 4. The zero-order valence-corrected chi connectivity index (χ0v) is 9.58. The number of aryl methyl sites for hydroxylation is 1. The third-order valence-electron chi connectivity index (χ3n) is 1.78. The van der Waals surface area contributed by atoms with Crippen molar-refractivity contribution in [2.75, 3.05) is 11.9 Å². The van der Waals surface area contributed by atoms with Crippen LogP contribution in [-0.4, -0.2) is 16.9 Å². The molecule has 0 bridgehead atoms. The molecule has 1 aromatic rings. The fourth-order valence-electron chi connectivity index (χ4n) is 1.10. The zero-order valence-electron chi connectivity index (χ0n) is 8.00. The Hall–Kier alpha value is -1.17. The van der Waals surface area contributed by atoms with E-state index in [4.69, 9.17) is 4.74 Å². The van der Waals surface area contributed by atoms with E-state index in [1.54, 1.807) is 6.92 Å². The molecule has 82 valence electrons. The number of benzene rings is 1. The number of nitro benzene ring substituents is 1. The highest BCUT2D eigenvalue weighted by molar-refractivity contribution is 9.09. The first-order valence-corrected chi connectivity index (χ1v) is 5.31. The molecule has 0 spiro atoms. The summed E-state index contributed by atoms with van der Waals surface area (Å²) in [6, 6.07) is 2.20. The van der Waals surface area contributed by atoms with Crippen molar-refractivity contribution in [3.63, 3.8) is 0 Å². The molecule has 6 heteroatoms. The van der Waals surface area contributed by atoms with Crippen LogP contribution in [0.25, 0.3) is 0 Å². The van der Waals surface area contributed by atoms with Gasteiger partial charge in [0.1, 0.15) is 0 Å². The minimum atomic E-state index is -0.715. The third kappa shape index (κ3) is 2.89. The van der Waals surface area contributed by atoms with Gasteiger partial charge < -0.3 is 4.74 Å². The summed E-state index contributed by atoms with van der Waals surface area (Å²) in [7, 11) is 0. The van der Waals surface area contributed by atoms with Crippen molar-refractivity contribution in [2.24, 2.45) is 0 Å². The predicted molar refractivity (Wildman–Crippen MR) is 57.1 cm³/mol. The van der Waals surface area contributed by atoms with E-state index < -0.39 is 10.7 Å². The molecular weight excluding hydrogens is 269 g/mol. The molecule has 0 unspecified atom stereocenters. The van der Waals surface area contributed by atoms with E-state index >= 15 is 0 Å². The van der Waals surface area contributed by atoms with E-state index in [0.717, 1.165) is 6.07 Å². The molecule has 1 rings (SSSR count). The number of ether oxygens (including phenoxy) is 1. The van der Waals surface area contributed by atoms with Crippen LogP contribution < -0.4 is 4.74 Å². The quantitative estimate of drug-likeness (QED) is 0.483. The van der Waals surface area contributed by atoms with Gasteiger partial charge in [-0.05, 0) is 13.0 Å². The second kappa shape index (κ2) is 5.06. The number of hydrogen-bond acceptors (Lipinski definition) is 3. The summed E-state index contributed by atoms with van der Waals surface area (Å²) in [6.07, 6.45) is 0. The Balaban J connectivity index is 3.02. The summed E-state index contributed by atoms with van der Waals surface area (Å²) in [4.78, 5) is 9.87. The fourth-order valence-corrected chi connectivity index (χ4v) is 1.26. The maximum absolute atomic E-state index is 13.3. The molecule has 0 aliphatic carbocycles. The van der Waals surface area contributed by atoms with Gasteiger partial charge in [-0.25, -0.2) is 4.39 Å². The van der Waals surface area contributed by atoms with Gasteiger partial charge in [-0.2, -0.15) is 0 Å². The highest BCUT2D eigenvalue weighted by Crippen LogP contribution is 2.26. The summed E-state index contributed by atoms with van der Waals surface area (Å²) in [6.45, 7) is 1.85. The molecule has 0 atom stereocenters. The lowest BCUT2D eigenvalue weighted by atomic mass is 10.2. The second-order valence-electron chi connectivity index (χ2n) is 2.86. The molecule has 0 heterocycles. The molecule has 1 aromatic carbocycles. The van der Waals surface area contributed by atoms with Crippen molar-refractivity contribution in [1.82, 2.24) is 0 Å². The highest BCUT2D eigenvalue weighted by atomic mass is 79.9. The monoisotopic (exact) mass is 277 g/mol. The van der Waals surface area contributed by atoms with E-state index in [9.17, 15) is 14.5 Å². The van der Waals surface area contributed by atoms with Gasteiger partial charge in [0.15, 0.2) is 11.6 Å². The first kappa shape index (κ1) is 11.9. The van der Waals surface area contributed by atoms with E-state index in [0.29, 0.717) is 17.5 Å². The first-order valence-electron chi connectivity index (χ1n) is 4.19. The van der Waals surface area contributed by atoms with Crippen LogP contribution in [0.15, 0.2) is 12.1 Å². The van der Waals surface area contributed by atoms with Gasteiger partial charge >= 0.3 is 0 Å². The summed E-state index contributed by atoms with van der Waals surface area (Å²) in [5.74, 6) is -0.675. The molecule has 15 heavy (non-hydrogen) atoms. The molecule has 0 aliphatic rings. The van der Waals surface area contributed by atoms with Crippen molar-refractivity contribution in [3.05, 3.63) is 33.6 Å². The highest BCUT2D eigenvalue weighted by Gasteiger charge is 2.15. The van der Waals surface area contributed by atoms with E-state index in [1.165, 1.54) is 6.07 Å². The lowest BCUT2D eigenvalue weighted by molar-refractivity contribution is -0.385. The third-order valence-corrected chi connectivity index (χ3v) is 2.11. The van der Waals surface area contributed by atoms with Crippen LogP contribution in [0.1, 0.15) is 5.56 Å². The summed E-state index contributed by atoms with van der Waals surface area (Å²) in [5.41, 5.74) is 0.143. The number of alkyl halides is 1. The molecule has 0 fully saturated rings. The SMILES string of the molecule is Cc1cc(OCCBr)c(F)cc1[N+](=O)[O-]. The Morgan fingerprint density at radius 3 is 2.80 bits per heavy atom. The normalized spacial score (nSPS) is 10.1.